The topological polar surface area (TPSA) is 37.4 Å². The fraction of sp³-hybridized carbons (Fsp3) is 0.800. The molecule has 0 unspecified atom stereocenters. The summed E-state index contributed by atoms with van der Waals surface area (Å²) in [6.45, 7) is 8.44. The molecule has 29 heavy (non-hydrogen) atoms. The second-order valence-electron chi connectivity index (χ2n) is 8.57. The van der Waals surface area contributed by atoms with Crippen LogP contribution in [0.2, 0.25) is 0 Å². The molecule has 168 valence electrons. The number of nitrogens with one attached hydrogen (secondary N) is 1. The molecular weight excluding hydrogens is 358 g/mol. The van der Waals surface area contributed by atoms with Crippen LogP contribution < -0.4 is 10.1 Å². The zero-order valence-corrected chi connectivity index (χ0v) is 19.7. The highest BCUT2D eigenvalue weighted by Crippen LogP contribution is 2.20. The van der Waals surface area contributed by atoms with Crippen LogP contribution in [0, 0.1) is 5.92 Å². The fourth-order valence-corrected chi connectivity index (χ4v) is 3.88. The maximum Gasteiger partial charge on any atom is 0.213 e. The van der Waals surface area contributed by atoms with Gasteiger partial charge >= 0.3 is 0 Å². The predicted octanol–water partition coefficient (Wildman–Crippen LogP) is 6.06. The minimum atomic E-state index is 0.713. The Bertz CT molecular complexity index is 465. The summed E-state index contributed by atoms with van der Waals surface area (Å²) >= 11 is 0. The monoisotopic (exact) mass is 405 g/mol. The quantitative estimate of drug-likeness (QED) is 0.284. The van der Waals surface area contributed by atoms with Crippen LogP contribution in [0.4, 0.5) is 0 Å². The summed E-state index contributed by atoms with van der Waals surface area (Å²) in [5.41, 5.74) is 1.27. The van der Waals surface area contributed by atoms with Gasteiger partial charge in [-0.25, -0.2) is 4.98 Å². The molecule has 0 saturated carbocycles. The molecule has 1 N–H and O–H groups in total. The molecule has 0 fully saturated rings. The van der Waals surface area contributed by atoms with Gasteiger partial charge < -0.3 is 15.0 Å². The second kappa shape index (κ2) is 17.7. The van der Waals surface area contributed by atoms with Gasteiger partial charge in [-0.15, -0.1) is 0 Å². The standard InChI is InChI=1S/C25H47N3O/c1-5-7-9-11-14-23(15-12-10-8-6-2)21-28(4)22-24-16-17-25(27-20-24)29-19-13-18-26-3/h16-17,20,23,26H,5-15,18-19,21-22H2,1-4H3. The van der Waals surface area contributed by atoms with Gasteiger partial charge in [0.1, 0.15) is 0 Å². The van der Waals surface area contributed by atoms with E-state index >= 15 is 0 Å². The number of ether oxygens (including phenoxy) is 1. The van der Waals surface area contributed by atoms with Crippen LogP contribution in [0.25, 0.3) is 0 Å². The summed E-state index contributed by atoms with van der Waals surface area (Å²) in [7, 11) is 4.22. The Morgan fingerprint density at radius 1 is 0.966 bits per heavy atom. The molecule has 1 rings (SSSR count). The molecule has 0 aliphatic rings. The highest BCUT2D eigenvalue weighted by atomic mass is 16.5. The van der Waals surface area contributed by atoms with E-state index in [1.807, 2.05) is 19.3 Å². The van der Waals surface area contributed by atoms with Gasteiger partial charge in [-0.1, -0.05) is 71.3 Å². The SMILES string of the molecule is CCCCCCC(CCCCCC)CN(C)Cc1ccc(OCCCNC)nc1. The Hall–Kier alpha value is -1.13. The fourth-order valence-electron chi connectivity index (χ4n) is 3.88. The minimum absolute atomic E-state index is 0.713. The lowest BCUT2D eigenvalue weighted by molar-refractivity contribution is 0.243. The number of pyridine rings is 1. The lowest BCUT2D eigenvalue weighted by Crippen LogP contribution is -2.25. The molecule has 4 heteroatoms. The largest absolute Gasteiger partial charge is 0.478 e. The minimum Gasteiger partial charge on any atom is -0.478 e. The summed E-state index contributed by atoms with van der Waals surface area (Å²) in [6.07, 6.45) is 16.7. The average molecular weight is 406 g/mol. The number of rotatable bonds is 19. The molecule has 0 aliphatic carbocycles. The highest BCUT2D eigenvalue weighted by molar-refractivity contribution is 5.17. The van der Waals surface area contributed by atoms with Gasteiger partial charge in [0.2, 0.25) is 5.88 Å². The van der Waals surface area contributed by atoms with E-state index in [2.05, 4.69) is 42.2 Å². The van der Waals surface area contributed by atoms with Crippen molar-refractivity contribution in [3.8, 4) is 5.88 Å². The first kappa shape index (κ1) is 25.9. The zero-order chi connectivity index (χ0) is 21.2. The van der Waals surface area contributed by atoms with Crippen molar-refractivity contribution in [3.63, 3.8) is 0 Å². The summed E-state index contributed by atoms with van der Waals surface area (Å²) in [5.74, 6) is 1.56. The third kappa shape index (κ3) is 13.7. The summed E-state index contributed by atoms with van der Waals surface area (Å²) in [4.78, 5) is 6.96. The number of aromatic nitrogens is 1. The molecule has 0 aliphatic heterocycles. The van der Waals surface area contributed by atoms with Crippen molar-refractivity contribution >= 4 is 0 Å². The van der Waals surface area contributed by atoms with Gasteiger partial charge in [0, 0.05) is 25.4 Å². The lowest BCUT2D eigenvalue weighted by Gasteiger charge is -2.24. The molecule has 0 aromatic carbocycles. The molecule has 4 nitrogen and oxygen atoms in total. The Balaban J connectivity index is 2.41. The molecule has 0 atom stereocenters. The smallest absolute Gasteiger partial charge is 0.213 e. The van der Waals surface area contributed by atoms with E-state index in [-0.39, 0.29) is 0 Å². The summed E-state index contributed by atoms with van der Waals surface area (Å²) in [6, 6.07) is 4.17. The van der Waals surface area contributed by atoms with Gasteiger partial charge in [-0.05, 0) is 51.4 Å². The van der Waals surface area contributed by atoms with Crippen molar-refractivity contribution in [2.75, 3.05) is 33.8 Å². The van der Waals surface area contributed by atoms with Crippen LogP contribution in [0.1, 0.15) is 90.0 Å². The van der Waals surface area contributed by atoms with E-state index in [0.29, 0.717) is 6.61 Å². The Morgan fingerprint density at radius 3 is 2.21 bits per heavy atom. The molecule has 1 aromatic heterocycles. The first-order chi connectivity index (χ1) is 14.2. The Morgan fingerprint density at radius 2 is 1.66 bits per heavy atom. The van der Waals surface area contributed by atoms with E-state index in [9.17, 15) is 0 Å². The predicted molar refractivity (Wildman–Crippen MR) is 126 cm³/mol. The van der Waals surface area contributed by atoms with Crippen LogP contribution in [-0.2, 0) is 6.54 Å². The lowest BCUT2D eigenvalue weighted by atomic mass is 9.94. The maximum absolute atomic E-state index is 5.70. The van der Waals surface area contributed by atoms with Crippen molar-refractivity contribution in [1.82, 2.24) is 15.2 Å². The molecule has 0 bridgehead atoms. The van der Waals surface area contributed by atoms with E-state index in [0.717, 1.165) is 31.3 Å². The van der Waals surface area contributed by atoms with E-state index < -0.39 is 0 Å². The summed E-state index contributed by atoms with van der Waals surface area (Å²) < 4.78 is 5.70. The van der Waals surface area contributed by atoms with Gasteiger partial charge in [0.15, 0.2) is 0 Å². The number of unbranched alkanes of at least 4 members (excludes halogenated alkanes) is 6. The zero-order valence-electron chi connectivity index (χ0n) is 19.7. The summed E-state index contributed by atoms with van der Waals surface area (Å²) in [5, 5.41) is 3.13. The molecule has 0 amide bonds. The Kier molecular flexibility index (Phi) is 15.8. The van der Waals surface area contributed by atoms with Crippen LogP contribution in [0.3, 0.4) is 0 Å². The van der Waals surface area contributed by atoms with Gasteiger partial charge in [0.25, 0.3) is 0 Å². The molecule has 0 saturated heterocycles. The van der Waals surface area contributed by atoms with Crippen LogP contribution in [0.5, 0.6) is 5.88 Å². The molecule has 1 aromatic rings. The molecular formula is C25H47N3O. The third-order valence-electron chi connectivity index (χ3n) is 5.57. The number of hydrogen-bond donors (Lipinski definition) is 1. The van der Waals surface area contributed by atoms with Crippen molar-refractivity contribution in [3.05, 3.63) is 23.9 Å². The van der Waals surface area contributed by atoms with Gasteiger partial charge in [-0.3, -0.25) is 0 Å². The van der Waals surface area contributed by atoms with Gasteiger partial charge in [-0.2, -0.15) is 0 Å². The van der Waals surface area contributed by atoms with Crippen LogP contribution in [-0.4, -0.2) is 43.7 Å². The van der Waals surface area contributed by atoms with E-state index in [4.69, 9.17) is 4.74 Å². The maximum atomic E-state index is 5.70. The molecule has 0 spiro atoms. The first-order valence-electron chi connectivity index (χ1n) is 12.1. The normalized spacial score (nSPS) is 11.5. The van der Waals surface area contributed by atoms with Crippen molar-refractivity contribution in [1.29, 1.82) is 0 Å². The van der Waals surface area contributed by atoms with Gasteiger partial charge in [0.05, 0.1) is 6.61 Å². The van der Waals surface area contributed by atoms with Crippen molar-refractivity contribution in [2.45, 2.75) is 91.0 Å². The van der Waals surface area contributed by atoms with E-state index in [1.165, 1.54) is 76.3 Å². The van der Waals surface area contributed by atoms with Crippen molar-refractivity contribution in [2.24, 2.45) is 5.92 Å². The highest BCUT2D eigenvalue weighted by Gasteiger charge is 2.12. The van der Waals surface area contributed by atoms with E-state index in [1.54, 1.807) is 0 Å². The number of nitrogens with zero attached hydrogens (tertiary/aromatic N) is 2. The molecule has 0 radical (unpaired) electrons. The van der Waals surface area contributed by atoms with Crippen LogP contribution in [0.15, 0.2) is 18.3 Å². The second-order valence-corrected chi connectivity index (χ2v) is 8.57. The Labute approximate surface area is 180 Å². The van der Waals surface area contributed by atoms with Crippen molar-refractivity contribution < 1.29 is 4.74 Å². The average Bonchev–Trinajstić information content (AvgIpc) is 2.72. The number of hydrogen-bond acceptors (Lipinski definition) is 4. The van der Waals surface area contributed by atoms with Crippen LogP contribution >= 0.6 is 0 Å². The third-order valence-corrected chi connectivity index (χ3v) is 5.57. The first-order valence-corrected chi connectivity index (χ1v) is 12.1. The molecule has 1 heterocycles.